The van der Waals surface area contributed by atoms with Crippen LogP contribution in [0.1, 0.15) is 44.1 Å². The molecule has 3 nitrogen and oxygen atoms in total. The third-order valence-electron chi connectivity index (χ3n) is 4.51. The minimum atomic E-state index is -0.783. The van der Waals surface area contributed by atoms with Crippen LogP contribution in [0.3, 0.4) is 0 Å². The summed E-state index contributed by atoms with van der Waals surface area (Å²) in [6.45, 7) is 0.462. The Bertz CT molecular complexity index is 515. The number of aliphatic carboxylic acids is 1. The molecule has 5 heteroatoms. The average Bonchev–Trinajstić information content (AvgIpc) is 2.44. The van der Waals surface area contributed by atoms with Crippen LogP contribution in [-0.2, 0) is 11.3 Å². The monoisotopic (exact) mass is 313 g/mol. The molecule has 21 heavy (non-hydrogen) atoms. The van der Waals surface area contributed by atoms with Crippen molar-refractivity contribution in [3.63, 3.8) is 0 Å². The van der Waals surface area contributed by atoms with Crippen LogP contribution >= 0.6 is 11.6 Å². The number of nitrogens with zero attached hydrogens (tertiary/aromatic N) is 1. The highest BCUT2D eigenvalue weighted by molar-refractivity contribution is 6.31. The van der Waals surface area contributed by atoms with Gasteiger partial charge in [0.25, 0.3) is 0 Å². The van der Waals surface area contributed by atoms with Crippen molar-refractivity contribution >= 4 is 17.6 Å². The highest BCUT2D eigenvalue weighted by atomic mass is 35.5. The molecule has 1 fully saturated rings. The lowest BCUT2D eigenvalue weighted by Gasteiger charge is -2.44. The van der Waals surface area contributed by atoms with Crippen LogP contribution in [0.5, 0.6) is 0 Å². The van der Waals surface area contributed by atoms with Gasteiger partial charge in [-0.3, -0.25) is 9.69 Å². The molecule has 1 N–H and O–H groups in total. The summed E-state index contributed by atoms with van der Waals surface area (Å²) in [6, 6.07) is 4.76. The van der Waals surface area contributed by atoms with E-state index in [4.69, 9.17) is 11.6 Å². The van der Waals surface area contributed by atoms with Crippen LogP contribution in [0, 0.1) is 5.82 Å². The van der Waals surface area contributed by atoms with Crippen molar-refractivity contribution in [2.24, 2.45) is 0 Å². The van der Waals surface area contributed by atoms with E-state index < -0.39 is 11.8 Å². The molecular formula is C16H21ClFNO2. The Morgan fingerprint density at radius 2 is 2.05 bits per heavy atom. The van der Waals surface area contributed by atoms with E-state index in [0.717, 1.165) is 32.1 Å². The van der Waals surface area contributed by atoms with Crippen LogP contribution in [0.25, 0.3) is 0 Å². The summed E-state index contributed by atoms with van der Waals surface area (Å²) in [4.78, 5) is 13.3. The summed E-state index contributed by atoms with van der Waals surface area (Å²) in [7, 11) is 1.91. The molecule has 116 valence electrons. The lowest BCUT2D eigenvalue weighted by molar-refractivity contribution is -0.141. The zero-order valence-corrected chi connectivity index (χ0v) is 13.0. The number of carbonyl (C=O) groups is 1. The predicted octanol–water partition coefficient (Wildman–Crippen LogP) is 4.09. The third-order valence-corrected chi connectivity index (χ3v) is 4.94. The van der Waals surface area contributed by atoms with Crippen LogP contribution < -0.4 is 0 Å². The van der Waals surface area contributed by atoms with E-state index >= 15 is 0 Å². The molecule has 0 aliphatic heterocycles. The lowest BCUT2D eigenvalue weighted by Crippen LogP contribution is -2.49. The fourth-order valence-electron chi connectivity index (χ4n) is 3.28. The molecular weight excluding hydrogens is 293 g/mol. The van der Waals surface area contributed by atoms with Gasteiger partial charge in [-0.1, -0.05) is 43.0 Å². The van der Waals surface area contributed by atoms with Gasteiger partial charge in [0.05, 0.1) is 11.4 Å². The molecule has 0 atom stereocenters. The first-order valence-corrected chi connectivity index (χ1v) is 7.68. The molecule has 0 aromatic heterocycles. The van der Waals surface area contributed by atoms with Gasteiger partial charge < -0.3 is 5.11 Å². The van der Waals surface area contributed by atoms with Gasteiger partial charge in [-0.25, -0.2) is 4.39 Å². The normalized spacial score (nSPS) is 17.9. The zero-order valence-electron chi connectivity index (χ0n) is 12.2. The Kier molecular flexibility index (Phi) is 5.22. The Hall–Kier alpha value is -1.13. The lowest BCUT2D eigenvalue weighted by atomic mass is 9.78. The van der Waals surface area contributed by atoms with Gasteiger partial charge in [-0.15, -0.1) is 0 Å². The van der Waals surface area contributed by atoms with Crippen molar-refractivity contribution in [1.29, 1.82) is 0 Å². The van der Waals surface area contributed by atoms with Gasteiger partial charge in [0.15, 0.2) is 0 Å². The minimum Gasteiger partial charge on any atom is -0.481 e. The van der Waals surface area contributed by atoms with Crippen molar-refractivity contribution in [2.75, 3.05) is 7.05 Å². The van der Waals surface area contributed by atoms with Crippen molar-refractivity contribution in [2.45, 2.75) is 50.6 Å². The first-order chi connectivity index (χ1) is 9.94. The fraction of sp³-hybridized carbons (Fsp3) is 0.562. The molecule has 0 radical (unpaired) electrons. The van der Waals surface area contributed by atoms with E-state index in [9.17, 15) is 14.3 Å². The summed E-state index contributed by atoms with van der Waals surface area (Å²) >= 11 is 6.01. The van der Waals surface area contributed by atoms with Crippen molar-refractivity contribution in [3.05, 3.63) is 34.6 Å². The topological polar surface area (TPSA) is 40.5 Å². The molecule has 0 saturated heterocycles. The molecule has 1 aliphatic rings. The third kappa shape index (κ3) is 3.74. The largest absolute Gasteiger partial charge is 0.481 e. The predicted molar refractivity (Wildman–Crippen MR) is 80.9 cm³/mol. The second-order valence-electron chi connectivity index (χ2n) is 5.92. The first-order valence-electron chi connectivity index (χ1n) is 7.30. The summed E-state index contributed by atoms with van der Waals surface area (Å²) in [6.07, 6.45) is 5.07. The number of rotatable bonds is 5. The maximum Gasteiger partial charge on any atom is 0.305 e. The molecule has 2 rings (SSSR count). The number of benzene rings is 1. The number of hydrogen-bond acceptors (Lipinski definition) is 2. The Morgan fingerprint density at radius 3 is 2.67 bits per heavy atom. The Morgan fingerprint density at radius 1 is 1.38 bits per heavy atom. The summed E-state index contributed by atoms with van der Waals surface area (Å²) < 4.78 is 13.5. The second kappa shape index (κ2) is 6.75. The van der Waals surface area contributed by atoms with Crippen LogP contribution in [0.15, 0.2) is 18.2 Å². The molecule has 1 aliphatic carbocycles. The van der Waals surface area contributed by atoms with E-state index in [1.54, 1.807) is 12.1 Å². The Balaban J connectivity index is 2.20. The molecule has 0 bridgehead atoms. The fourth-order valence-corrected chi connectivity index (χ4v) is 3.46. The SMILES string of the molecule is CN(Cc1cccc(F)c1Cl)C1(CC(=O)O)CCCCC1. The molecule has 0 spiro atoms. The van der Waals surface area contributed by atoms with Gasteiger partial charge in [0.2, 0.25) is 0 Å². The van der Waals surface area contributed by atoms with E-state index in [0.29, 0.717) is 12.1 Å². The van der Waals surface area contributed by atoms with E-state index in [1.165, 1.54) is 6.07 Å². The highest BCUT2D eigenvalue weighted by Crippen LogP contribution is 2.37. The van der Waals surface area contributed by atoms with Gasteiger partial charge in [0.1, 0.15) is 5.82 Å². The maximum absolute atomic E-state index is 13.5. The number of halogens is 2. The van der Waals surface area contributed by atoms with Gasteiger partial charge in [-0.05, 0) is 31.5 Å². The van der Waals surface area contributed by atoms with E-state index in [-0.39, 0.29) is 17.0 Å². The summed E-state index contributed by atoms with van der Waals surface area (Å²) in [5, 5.41) is 9.36. The smallest absolute Gasteiger partial charge is 0.305 e. The molecule has 1 aromatic rings. The van der Waals surface area contributed by atoms with Crippen LogP contribution in [0.2, 0.25) is 5.02 Å². The molecule has 0 unspecified atom stereocenters. The van der Waals surface area contributed by atoms with Crippen LogP contribution in [0.4, 0.5) is 4.39 Å². The van der Waals surface area contributed by atoms with Crippen molar-refractivity contribution in [1.82, 2.24) is 4.90 Å². The summed E-state index contributed by atoms with van der Waals surface area (Å²) in [5.41, 5.74) is 0.356. The average molecular weight is 314 g/mol. The van der Waals surface area contributed by atoms with Crippen molar-refractivity contribution in [3.8, 4) is 0 Å². The standard InChI is InChI=1S/C16H21ClFNO2/c1-19(11-12-6-5-7-13(18)15(12)17)16(10-14(20)21)8-3-2-4-9-16/h5-7H,2-4,8-11H2,1H3,(H,20,21). The first kappa shape index (κ1) is 16.2. The maximum atomic E-state index is 13.5. The number of hydrogen-bond donors (Lipinski definition) is 1. The molecule has 0 amide bonds. The van der Waals surface area contributed by atoms with E-state index in [1.807, 2.05) is 11.9 Å². The summed E-state index contributed by atoms with van der Waals surface area (Å²) in [5.74, 6) is -1.22. The van der Waals surface area contributed by atoms with Gasteiger partial charge in [-0.2, -0.15) is 0 Å². The number of carboxylic acid groups (broad SMARTS) is 1. The van der Waals surface area contributed by atoms with Gasteiger partial charge in [0, 0.05) is 12.1 Å². The Labute approximate surface area is 129 Å². The number of carboxylic acids is 1. The van der Waals surface area contributed by atoms with Gasteiger partial charge >= 0.3 is 5.97 Å². The quantitative estimate of drug-likeness (QED) is 0.890. The highest BCUT2D eigenvalue weighted by Gasteiger charge is 2.38. The molecule has 0 heterocycles. The van der Waals surface area contributed by atoms with Crippen molar-refractivity contribution < 1.29 is 14.3 Å². The molecule has 1 aromatic carbocycles. The van der Waals surface area contributed by atoms with E-state index in [2.05, 4.69) is 0 Å². The second-order valence-corrected chi connectivity index (χ2v) is 6.30. The zero-order chi connectivity index (χ0) is 15.5. The van der Waals surface area contributed by atoms with Crippen LogP contribution in [-0.4, -0.2) is 28.6 Å². The minimum absolute atomic E-state index is 0.121. The molecule has 1 saturated carbocycles.